The van der Waals surface area contributed by atoms with Gasteiger partial charge in [0, 0.05) is 12.6 Å². The summed E-state index contributed by atoms with van der Waals surface area (Å²) < 4.78 is 0. The van der Waals surface area contributed by atoms with Crippen molar-refractivity contribution in [2.75, 3.05) is 6.54 Å². The normalized spacial score (nSPS) is 27.1. The minimum Gasteiger partial charge on any atom is -0.336 e. The molecule has 0 spiro atoms. The Morgan fingerprint density at radius 1 is 1.15 bits per heavy atom. The Labute approximate surface area is 121 Å². The van der Waals surface area contributed by atoms with Crippen LogP contribution in [0.2, 0.25) is 0 Å². The number of nitrogens with zero attached hydrogens (tertiary/aromatic N) is 2. The van der Waals surface area contributed by atoms with Crippen molar-refractivity contribution in [3.05, 3.63) is 35.9 Å². The van der Waals surface area contributed by atoms with Crippen molar-refractivity contribution in [2.45, 2.75) is 51.7 Å². The third-order valence-corrected chi connectivity index (χ3v) is 4.19. The van der Waals surface area contributed by atoms with E-state index < -0.39 is 11.1 Å². The van der Waals surface area contributed by atoms with Gasteiger partial charge in [-0.15, -0.1) is 0 Å². The maximum absolute atomic E-state index is 12.9. The van der Waals surface area contributed by atoms with Crippen LogP contribution in [0, 0.1) is 0 Å². The monoisotopic (exact) mass is 276 g/mol. The van der Waals surface area contributed by atoms with E-state index in [1.807, 2.05) is 62.9 Å². The lowest BCUT2D eigenvalue weighted by Gasteiger charge is -2.54. The highest BCUT2D eigenvalue weighted by molar-refractivity contribution is 5.88. The van der Waals surface area contributed by atoms with E-state index in [1.165, 1.54) is 5.06 Å². The topological polar surface area (TPSA) is 43.8 Å². The van der Waals surface area contributed by atoms with Crippen molar-refractivity contribution in [1.82, 2.24) is 9.96 Å². The molecule has 0 bridgehead atoms. The number of hydrogen-bond acceptors (Lipinski definition) is 3. The lowest BCUT2D eigenvalue weighted by molar-refractivity contribution is -0.256. The molecule has 20 heavy (non-hydrogen) atoms. The molecule has 1 aromatic carbocycles. The first-order valence-corrected chi connectivity index (χ1v) is 7.07. The molecule has 1 saturated heterocycles. The van der Waals surface area contributed by atoms with E-state index in [4.69, 9.17) is 0 Å². The van der Waals surface area contributed by atoms with Gasteiger partial charge < -0.3 is 10.1 Å². The van der Waals surface area contributed by atoms with Crippen molar-refractivity contribution in [1.29, 1.82) is 0 Å². The molecule has 0 aliphatic carbocycles. The number of carbonyl (C=O) groups is 1. The van der Waals surface area contributed by atoms with Crippen molar-refractivity contribution in [3.8, 4) is 0 Å². The van der Waals surface area contributed by atoms with Gasteiger partial charge in [0.15, 0.2) is 0 Å². The van der Waals surface area contributed by atoms with Crippen LogP contribution in [-0.4, -0.2) is 39.2 Å². The molecule has 0 radical (unpaired) electrons. The molecule has 1 heterocycles. The largest absolute Gasteiger partial charge is 0.336 e. The van der Waals surface area contributed by atoms with Crippen molar-refractivity contribution >= 4 is 5.91 Å². The maximum atomic E-state index is 12.9. The van der Waals surface area contributed by atoms with E-state index in [0.29, 0.717) is 6.54 Å². The van der Waals surface area contributed by atoms with Crippen LogP contribution >= 0.6 is 0 Å². The number of hydrogen-bond donors (Lipinski definition) is 1. The number of rotatable bonds is 2. The van der Waals surface area contributed by atoms with Crippen LogP contribution in [0.1, 0.15) is 40.2 Å². The fourth-order valence-electron chi connectivity index (χ4n) is 2.96. The summed E-state index contributed by atoms with van der Waals surface area (Å²) in [5, 5.41) is 11.9. The molecule has 1 N–H and O–H groups in total. The van der Waals surface area contributed by atoms with Gasteiger partial charge >= 0.3 is 0 Å². The highest BCUT2D eigenvalue weighted by Crippen LogP contribution is 2.39. The average molecular weight is 276 g/mol. The molecular formula is C16H24N2O2. The third kappa shape index (κ3) is 2.13. The fourth-order valence-corrected chi connectivity index (χ4v) is 2.96. The second-order valence-electron chi connectivity index (χ2n) is 6.59. The summed E-state index contributed by atoms with van der Waals surface area (Å²) in [6, 6.07) is 9.58. The molecule has 1 aliphatic heterocycles. The van der Waals surface area contributed by atoms with Gasteiger partial charge in [-0.3, -0.25) is 4.79 Å². The molecule has 2 rings (SSSR count). The van der Waals surface area contributed by atoms with Gasteiger partial charge in [-0.2, -0.15) is 5.06 Å². The maximum Gasteiger partial charge on any atom is 0.250 e. The van der Waals surface area contributed by atoms with E-state index in [0.717, 1.165) is 5.56 Å². The van der Waals surface area contributed by atoms with Gasteiger partial charge in [-0.1, -0.05) is 30.3 Å². The quantitative estimate of drug-likeness (QED) is 0.903. The lowest BCUT2D eigenvalue weighted by Crippen LogP contribution is -2.70. The lowest BCUT2D eigenvalue weighted by atomic mass is 9.82. The first kappa shape index (κ1) is 15.0. The highest BCUT2D eigenvalue weighted by atomic mass is 16.5. The molecule has 4 heteroatoms. The Morgan fingerprint density at radius 2 is 1.70 bits per heavy atom. The first-order valence-electron chi connectivity index (χ1n) is 7.07. The van der Waals surface area contributed by atoms with E-state index in [2.05, 4.69) is 0 Å². The Balaban J connectivity index is 2.55. The Hall–Kier alpha value is -1.39. The van der Waals surface area contributed by atoms with Gasteiger partial charge in [-0.05, 0) is 40.2 Å². The number of piperazine rings is 1. The van der Waals surface area contributed by atoms with Gasteiger partial charge in [0.1, 0.15) is 5.54 Å². The fraction of sp³-hybridized carbons (Fsp3) is 0.562. The van der Waals surface area contributed by atoms with Crippen LogP contribution in [0.5, 0.6) is 0 Å². The molecule has 1 amide bonds. The second kappa shape index (κ2) is 4.86. The predicted molar refractivity (Wildman–Crippen MR) is 78.3 cm³/mol. The van der Waals surface area contributed by atoms with Gasteiger partial charge in [-0.25, -0.2) is 0 Å². The zero-order chi connectivity index (χ0) is 15.1. The Bertz CT molecular complexity index is 498. The summed E-state index contributed by atoms with van der Waals surface area (Å²) >= 11 is 0. The predicted octanol–water partition coefficient (Wildman–Crippen LogP) is 2.62. The van der Waals surface area contributed by atoms with Crippen LogP contribution in [0.4, 0.5) is 0 Å². The standard InChI is InChI=1S/C16H24N2O2/c1-12(2)17-11-15(3,4)18(20)16(5,14(17)19)13-9-7-6-8-10-13/h6-10,12,20H,11H2,1-5H3. The molecular weight excluding hydrogens is 252 g/mol. The average Bonchev–Trinajstić information content (AvgIpc) is 2.41. The zero-order valence-corrected chi connectivity index (χ0v) is 12.9. The van der Waals surface area contributed by atoms with E-state index in [1.54, 1.807) is 6.92 Å². The minimum atomic E-state index is -1.05. The smallest absolute Gasteiger partial charge is 0.250 e. The molecule has 1 aromatic rings. The van der Waals surface area contributed by atoms with E-state index >= 15 is 0 Å². The van der Waals surface area contributed by atoms with Crippen LogP contribution in [-0.2, 0) is 10.3 Å². The minimum absolute atomic E-state index is 0.0551. The number of amides is 1. The molecule has 0 aromatic heterocycles. The summed E-state index contributed by atoms with van der Waals surface area (Å²) in [4.78, 5) is 14.8. The SMILES string of the molecule is CC(C)N1CC(C)(C)N(O)C(C)(c2ccccc2)C1=O. The molecule has 0 saturated carbocycles. The summed E-state index contributed by atoms with van der Waals surface area (Å²) in [5.41, 5.74) is -0.735. The van der Waals surface area contributed by atoms with E-state index in [-0.39, 0.29) is 11.9 Å². The number of carbonyl (C=O) groups excluding carboxylic acids is 1. The van der Waals surface area contributed by atoms with Gasteiger partial charge in [0.05, 0.1) is 5.54 Å². The molecule has 4 nitrogen and oxygen atoms in total. The zero-order valence-electron chi connectivity index (χ0n) is 12.9. The number of benzene rings is 1. The van der Waals surface area contributed by atoms with Gasteiger partial charge in [0.25, 0.3) is 0 Å². The Morgan fingerprint density at radius 3 is 2.20 bits per heavy atom. The van der Waals surface area contributed by atoms with E-state index in [9.17, 15) is 10.0 Å². The summed E-state index contributed by atoms with van der Waals surface area (Å²) in [7, 11) is 0. The van der Waals surface area contributed by atoms with Crippen molar-refractivity contribution in [2.24, 2.45) is 0 Å². The molecule has 1 atom stereocenters. The highest BCUT2D eigenvalue weighted by Gasteiger charge is 2.54. The van der Waals surface area contributed by atoms with Crippen LogP contribution < -0.4 is 0 Å². The first-order chi connectivity index (χ1) is 9.21. The third-order valence-electron chi connectivity index (χ3n) is 4.19. The van der Waals surface area contributed by atoms with Crippen LogP contribution in [0.25, 0.3) is 0 Å². The van der Waals surface area contributed by atoms with Crippen molar-refractivity contribution < 1.29 is 10.0 Å². The summed E-state index contributed by atoms with van der Waals surface area (Å²) in [6.45, 7) is 10.2. The van der Waals surface area contributed by atoms with Crippen LogP contribution in [0.15, 0.2) is 30.3 Å². The van der Waals surface area contributed by atoms with Crippen molar-refractivity contribution in [3.63, 3.8) is 0 Å². The summed E-state index contributed by atoms with van der Waals surface area (Å²) in [6.07, 6.45) is 0. The molecule has 1 fully saturated rings. The molecule has 110 valence electrons. The molecule has 1 unspecified atom stereocenters. The van der Waals surface area contributed by atoms with Crippen LogP contribution in [0.3, 0.4) is 0 Å². The number of hydroxylamine groups is 2. The second-order valence-corrected chi connectivity index (χ2v) is 6.59. The Kier molecular flexibility index (Phi) is 3.65. The van der Waals surface area contributed by atoms with Gasteiger partial charge in [0.2, 0.25) is 5.91 Å². The summed E-state index contributed by atoms with van der Waals surface area (Å²) in [5.74, 6) is -0.0551. The molecule has 1 aliphatic rings.